The fourth-order valence-corrected chi connectivity index (χ4v) is 5.57. The van der Waals surface area contributed by atoms with Crippen LogP contribution in [0.3, 0.4) is 0 Å². The summed E-state index contributed by atoms with van der Waals surface area (Å²) in [6.45, 7) is 0. The Kier molecular flexibility index (Phi) is 3.22. The van der Waals surface area contributed by atoms with Crippen LogP contribution in [0.2, 0.25) is 0 Å². The minimum Gasteiger partial charge on any atom is -0.143 e. The fourth-order valence-electron chi connectivity index (χ4n) is 1.21. The van der Waals surface area contributed by atoms with Crippen LogP contribution in [0.1, 0.15) is 0 Å². The lowest BCUT2D eigenvalue weighted by molar-refractivity contribution is 1.42. The molecule has 0 aliphatic heterocycles. The van der Waals surface area contributed by atoms with Gasteiger partial charge in [-0.1, -0.05) is 0 Å². The highest BCUT2D eigenvalue weighted by Crippen LogP contribution is 2.38. The molecule has 0 bridgehead atoms. The summed E-state index contributed by atoms with van der Waals surface area (Å²) in [5, 5.41) is 3.47. The third-order valence-electron chi connectivity index (χ3n) is 1.80. The third kappa shape index (κ3) is 1.78. The van der Waals surface area contributed by atoms with Crippen LogP contribution in [0.5, 0.6) is 0 Å². The lowest BCUT2D eigenvalue weighted by Crippen LogP contribution is -1.80. The third-order valence-corrected chi connectivity index (χ3v) is 6.28. The van der Waals surface area contributed by atoms with Gasteiger partial charge in [0.1, 0.15) is 0 Å². The van der Waals surface area contributed by atoms with E-state index in [4.69, 9.17) is 0 Å². The topological polar surface area (TPSA) is 0 Å². The van der Waals surface area contributed by atoms with Gasteiger partial charge in [-0.05, 0) is 67.7 Å². The molecule has 1 aromatic heterocycles. The van der Waals surface area contributed by atoms with Gasteiger partial charge in [-0.3, -0.25) is 0 Å². The van der Waals surface area contributed by atoms with Crippen LogP contribution in [-0.4, -0.2) is 6.26 Å². The van der Waals surface area contributed by atoms with Crippen molar-refractivity contribution in [3.8, 4) is 0 Å². The van der Waals surface area contributed by atoms with Crippen molar-refractivity contribution in [2.24, 2.45) is 0 Å². The van der Waals surface area contributed by atoms with Crippen molar-refractivity contribution in [3.05, 3.63) is 25.6 Å². The second-order valence-electron chi connectivity index (χ2n) is 2.54. The summed E-state index contributed by atoms with van der Waals surface area (Å²) in [5.41, 5.74) is 0. The van der Waals surface area contributed by atoms with Gasteiger partial charge in [0.25, 0.3) is 0 Å². The highest BCUT2D eigenvalue weighted by atomic mass is 127. The van der Waals surface area contributed by atoms with E-state index in [0.29, 0.717) is 0 Å². The van der Waals surface area contributed by atoms with Gasteiger partial charge in [0.15, 0.2) is 0 Å². The van der Waals surface area contributed by atoms with Gasteiger partial charge in [-0.25, -0.2) is 0 Å². The van der Waals surface area contributed by atoms with Gasteiger partial charge in [0.05, 0.1) is 0 Å². The summed E-state index contributed by atoms with van der Waals surface area (Å²) in [6, 6.07) is 4.36. The maximum absolute atomic E-state index is 3.59. The SMILES string of the molecule is CSc1c(Br)cc2ccsc2c1I. The summed E-state index contributed by atoms with van der Waals surface area (Å²) < 4.78 is 3.97. The Bertz CT molecular complexity index is 450. The van der Waals surface area contributed by atoms with Gasteiger partial charge in [0, 0.05) is 17.6 Å². The first-order valence-electron chi connectivity index (χ1n) is 3.63. The van der Waals surface area contributed by atoms with Crippen LogP contribution < -0.4 is 0 Å². The smallest absolute Gasteiger partial charge is 0.0488 e. The van der Waals surface area contributed by atoms with Crippen molar-refractivity contribution in [3.63, 3.8) is 0 Å². The number of hydrogen-bond acceptors (Lipinski definition) is 2. The van der Waals surface area contributed by atoms with Gasteiger partial charge < -0.3 is 0 Å². The minimum atomic E-state index is 1.20. The number of halogens is 2. The molecule has 13 heavy (non-hydrogen) atoms. The van der Waals surface area contributed by atoms with Crippen molar-refractivity contribution in [2.45, 2.75) is 4.90 Å². The van der Waals surface area contributed by atoms with Crippen LogP contribution in [0.15, 0.2) is 26.9 Å². The molecule has 0 atom stereocenters. The number of benzene rings is 1. The molecule has 0 nitrogen and oxygen atoms in total. The van der Waals surface area contributed by atoms with Crippen molar-refractivity contribution in [1.82, 2.24) is 0 Å². The number of fused-ring (bicyclic) bond motifs is 1. The molecular weight excluding hydrogens is 379 g/mol. The number of thiophene rings is 1. The van der Waals surface area contributed by atoms with Crippen molar-refractivity contribution >= 4 is 71.7 Å². The highest BCUT2D eigenvalue weighted by Gasteiger charge is 2.09. The molecule has 0 N–H and O–H groups in total. The maximum atomic E-state index is 3.59. The first-order chi connectivity index (χ1) is 6.24. The van der Waals surface area contributed by atoms with Gasteiger partial charge in [-0.2, -0.15) is 0 Å². The molecule has 2 aromatic rings. The lowest BCUT2D eigenvalue weighted by Gasteiger charge is -2.04. The summed E-state index contributed by atoms with van der Waals surface area (Å²) in [5.74, 6) is 0. The average molecular weight is 385 g/mol. The predicted molar refractivity (Wildman–Crippen MR) is 74.0 cm³/mol. The first kappa shape index (κ1) is 10.3. The Morgan fingerprint density at radius 3 is 3.00 bits per heavy atom. The minimum absolute atomic E-state index is 1.20. The molecule has 0 radical (unpaired) electrons. The molecule has 0 fully saturated rings. The zero-order chi connectivity index (χ0) is 9.42. The Morgan fingerprint density at radius 2 is 2.31 bits per heavy atom. The predicted octanol–water partition coefficient (Wildman–Crippen LogP) is 4.99. The van der Waals surface area contributed by atoms with E-state index < -0.39 is 0 Å². The van der Waals surface area contributed by atoms with Crippen LogP contribution in [0.25, 0.3) is 10.1 Å². The van der Waals surface area contributed by atoms with Crippen LogP contribution in [0, 0.1) is 3.57 Å². The molecule has 0 amide bonds. The van der Waals surface area contributed by atoms with E-state index in [1.807, 2.05) is 11.3 Å². The first-order valence-corrected chi connectivity index (χ1v) is 7.61. The quantitative estimate of drug-likeness (QED) is 0.493. The molecule has 4 heteroatoms. The summed E-state index contributed by atoms with van der Waals surface area (Å²) >= 11 is 9.62. The molecule has 2 rings (SSSR count). The lowest BCUT2D eigenvalue weighted by atomic mass is 10.3. The van der Waals surface area contributed by atoms with E-state index in [2.05, 4.69) is 62.3 Å². The zero-order valence-corrected chi connectivity index (χ0v) is 12.2. The largest absolute Gasteiger partial charge is 0.143 e. The van der Waals surface area contributed by atoms with E-state index >= 15 is 0 Å². The Labute approximate surface area is 107 Å². The van der Waals surface area contributed by atoms with Crippen LogP contribution in [0.4, 0.5) is 0 Å². The number of hydrogen-bond donors (Lipinski definition) is 0. The summed E-state index contributed by atoms with van der Waals surface area (Å²) in [4.78, 5) is 1.34. The Morgan fingerprint density at radius 1 is 1.54 bits per heavy atom. The molecule has 1 heterocycles. The number of rotatable bonds is 1. The Hall–Kier alpha value is 0.740. The van der Waals surface area contributed by atoms with E-state index in [1.54, 1.807) is 11.8 Å². The van der Waals surface area contributed by atoms with E-state index in [-0.39, 0.29) is 0 Å². The summed E-state index contributed by atoms with van der Waals surface area (Å²) in [7, 11) is 0. The van der Waals surface area contributed by atoms with E-state index in [1.165, 1.54) is 23.0 Å². The Balaban J connectivity index is 2.85. The van der Waals surface area contributed by atoms with Crippen molar-refractivity contribution in [2.75, 3.05) is 6.26 Å². The molecular formula is C9H6BrIS2. The summed E-state index contributed by atoms with van der Waals surface area (Å²) in [6.07, 6.45) is 2.11. The molecule has 0 unspecified atom stereocenters. The molecule has 1 aromatic carbocycles. The van der Waals surface area contributed by atoms with Gasteiger partial charge in [0.2, 0.25) is 0 Å². The molecule has 0 saturated heterocycles. The molecule has 0 saturated carbocycles. The molecule has 0 aliphatic rings. The standard InChI is InChI=1S/C9H6BrIS2/c1-12-9-6(10)4-5-2-3-13-8(5)7(9)11/h2-4H,1H3. The van der Waals surface area contributed by atoms with E-state index in [0.717, 1.165) is 0 Å². The van der Waals surface area contributed by atoms with Crippen molar-refractivity contribution < 1.29 is 0 Å². The zero-order valence-electron chi connectivity index (χ0n) is 6.80. The van der Waals surface area contributed by atoms with Crippen LogP contribution in [-0.2, 0) is 0 Å². The van der Waals surface area contributed by atoms with Gasteiger partial charge in [-0.15, -0.1) is 23.1 Å². The van der Waals surface area contributed by atoms with Crippen LogP contribution >= 0.6 is 61.6 Å². The second-order valence-corrected chi connectivity index (χ2v) is 6.21. The highest BCUT2D eigenvalue weighted by molar-refractivity contribution is 14.1. The molecule has 0 spiro atoms. The second kappa shape index (κ2) is 4.08. The monoisotopic (exact) mass is 384 g/mol. The molecule has 0 aliphatic carbocycles. The number of thioether (sulfide) groups is 1. The van der Waals surface area contributed by atoms with E-state index in [9.17, 15) is 0 Å². The normalized spacial score (nSPS) is 11.0. The maximum Gasteiger partial charge on any atom is 0.0488 e. The molecule has 68 valence electrons. The fraction of sp³-hybridized carbons (Fsp3) is 0.111. The van der Waals surface area contributed by atoms with Gasteiger partial charge >= 0.3 is 0 Å². The average Bonchev–Trinajstić information content (AvgIpc) is 2.53. The van der Waals surface area contributed by atoms with Crippen molar-refractivity contribution in [1.29, 1.82) is 0 Å².